The number of ketones is 1. The minimum absolute atomic E-state index is 0.383. The van der Waals surface area contributed by atoms with Crippen LogP contribution in [0, 0.1) is 5.92 Å². The summed E-state index contributed by atoms with van der Waals surface area (Å²) >= 11 is 0. The van der Waals surface area contributed by atoms with Crippen LogP contribution in [-0.2, 0) is 4.79 Å². The molecule has 0 aromatic carbocycles. The summed E-state index contributed by atoms with van der Waals surface area (Å²) in [5.74, 6) is 0.884. The lowest BCUT2D eigenvalue weighted by molar-refractivity contribution is -0.124. The van der Waals surface area contributed by atoms with Crippen LogP contribution in [-0.4, -0.2) is 18.4 Å². The van der Waals surface area contributed by atoms with Crippen molar-refractivity contribution in [3.63, 3.8) is 0 Å². The zero-order chi connectivity index (χ0) is 6.97. The van der Waals surface area contributed by atoms with Crippen LogP contribution >= 0.6 is 0 Å². The Bertz CT molecular complexity index is 155. The zero-order valence-corrected chi connectivity index (χ0v) is 6.10. The van der Waals surface area contributed by atoms with Crippen LogP contribution in [0.5, 0.6) is 0 Å². The SMILES string of the molecule is O=C1CCC[C@@H]2NCC[C@H]12. The highest BCUT2D eigenvalue weighted by molar-refractivity contribution is 5.82. The Morgan fingerprint density at radius 1 is 1.40 bits per heavy atom. The van der Waals surface area contributed by atoms with Gasteiger partial charge >= 0.3 is 0 Å². The number of nitrogens with one attached hydrogen (secondary N) is 1. The van der Waals surface area contributed by atoms with Crippen molar-refractivity contribution in [2.75, 3.05) is 6.54 Å². The molecule has 0 amide bonds. The molecular formula is C8H13NO. The Kier molecular flexibility index (Phi) is 1.49. The summed E-state index contributed by atoms with van der Waals surface area (Å²) in [7, 11) is 0. The molecule has 2 aliphatic rings. The lowest BCUT2D eigenvalue weighted by Crippen LogP contribution is -2.34. The molecule has 1 aliphatic carbocycles. The van der Waals surface area contributed by atoms with Gasteiger partial charge in [0.15, 0.2) is 0 Å². The molecule has 2 rings (SSSR count). The van der Waals surface area contributed by atoms with Crippen molar-refractivity contribution in [1.29, 1.82) is 0 Å². The minimum atomic E-state index is 0.383. The average Bonchev–Trinajstić information content (AvgIpc) is 2.36. The lowest BCUT2D eigenvalue weighted by atomic mass is 9.84. The number of carbonyl (C=O) groups excluding carboxylic acids is 1. The second-order valence-electron chi connectivity index (χ2n) is 3.31. The van der Waals surface area contributed by atoms with Crippen LogP contribution < -0.4 is 5.32 Å². The van der Waals surface area contributed by atoms with Gasteiger partial charge in [-0.15, -0.1) is 0 Å². The summed E-state index contributed by atoms with van der Waals surface area (Å²) in [5.41, 5.74) is 0. The van der Waals surface area contributed by atoms with Gasteiger partial charge in [0.25, 0.3) is 0 Å². The van der Waals surface area contributed by atoms with Crippen molar-refractivity contribution in [2.45, 2.75) is 31.7 Å². The molecule has 1 N–H and O–H groups in total. The molecule has 0 unspecified atom stereocenters. The van der Waals surface area contributed by atoms with Gasteiger partial charge in [0, 0.05) is 18.4 Å². The average molecular weight is 139 g/mol. The predicted octanol–water partition coefficient (Wildman–Crippen LogP) is 0.718. The Balaban J connectivity index is 2.10. The van der Waals surface area contributed by atoms with E-state index >= 15 is 0 Å². The first-order chi connectivity index (χ1) is 4.88. The zero-order valence-electron chi connectivity index (χ0n) is 6.10. The lowest BCUT2D eigenvalue weighted by Gasteiger charge is -2.22. The van der Waals surface area contributed by atoms with Crippen LogP contribution in [0.1, 0.15) is 25.7 Å². The molecule has 56 valence electrons. The highest BCUT2D eigenvalue weighted by Gasteiger charge is 2.34. The summed E-state index contributed by atoms with van der Waals surface area (Å²) < 4.78 is 0. The molecule has 10 heavy (non-hydrogen) atoms. The van der Waals surface area contributed by atoms with Gasteiger partial charge in [0.05, 0.1) is 0 Å². The third-order valence-electron chi connectivity index (χ3n) is 2.70. The first kappa shape index (κ1) is 6.35. The molecule has 2 fully saturated rings. The number of rotatable bonds is 0. The fourth-order valence-electron chi connectivity index (χ4n) is 2.14. The summed E-state index contributed by atoms with van der Waals surface area (Å²) in [6.45, 7) is 1.06. The van der Waals surface area contributed by atoms with Gasteiger partial charge in [-0.2, -0.15) is 0 Å². The van der Waals surface area contributed by atoms with Crippen molar-refractivity contribution in [3.05, 3.63) is 0 Å². The highest BCUT2D eigenvalue weighted by Crippen LogP contribution is 2.27. The third-order valence-corrected chi connectivity index (χ3v) is 2.70. The second-order valence-corrected chi connectivity index (χ2v) is 3.31. The summed E-state index contributed by atoms with van der Waals surface area (Å²) in [5, 5.41) is 3.37. The summed E-state index contributed by atoms with van der Waals surface area (Å²) in [6.07, 6.45) is 4.25. The van der Waals surface area contributed by atoms with E-state index in [4.69, 9.17) is 0 Å². The number of hydrogen-bond acceptors (Lipinski definition) is 2. The fraction of sp³-hybridized carbons (Fsp3) is 0.875. The smallest absolute Gasteiger partial charge is 0.137 e. The second kappa shape index (κ2) is 2.35. The normalized spacial score (nSPS) is 39.8. The maximum Gasteiger partial charge on any atom is 0.137 e. The molecule has 0 aromatic rings. The van der Waals surface area contributed by atoms with E-state index in [1.165, 1.54) is 6.42 Å². The first-order valence-electron chi connectivity index (χ1n) is 4.14. The van der Waals surface area contributed by atoms with E-state index < -0.39 is 0 Å². The monoisotopic (exact) mass is 139 g/mol. The van der Waals surface area contributed by atoms with Crippen LogP contribution in [0.4, 0.5) is 0 Å². The Morgan fingerprint density at radius 3 is 3.10 bits per heavy atom. The molecule has 2 heteroatoms. The van der Waals surface area contributed by atoms with E-state index in [1.807, 2.05) is 0 Å². The molecule has 1 aliphatic heterocycles. The van der Waals surface area contributed by atoms with E-state index in [0.29, 0.717) is 17.7 Å². The fourth-order valence-corrected chi connectivity index (χ4v) is 2.14. The number of carbonyl (C=O) groups is 1. The molecule has 0 bridgehead atoms. The molecule has 0 spiro atoms. The van der Waals surface area contributed by atoms with E-state index in [0.717, 1.165) is 25.8 Å². The molecule has 0 radical (unpaired) electrons. The molecule has 2 nitrogen and oxygen atoms in total. The van der Waals surface area contributed by atoms with E-state index in [2.05, 4.69) is 5.32 Å². The van der Waals surface area contributed by atoms with Gasteiger partial charge in [0.1, 0.15) is 5.78 Å². The van der Waals surface area contributed by atoms with Crippen LogP contribution in [0.15, 0.2) is 0 Å². The number of fused-ring (bicyclic) bond motifs is 1. The minimum Gasteiger partial charge on any atom is -0.313 e. The maximum atomic E-state index is 11.2. The first-order valence-corrected chi connectivity index (χ1v) is 4.14. The van der Waals surface area contributed by atoms with Gasteiger partial charge in [-0.1, -0.05) is 0 Å². The third kappa shape index (κ3) is 0.870. The van der Waals surface area contributed by atoms with Gasteiger partial charge in [-0.05, 0) is 25.8 Å². The largest absolute Gasteiger partial charge is 0.313 e. The van der Waals surface area contributed by atoms with Crippen molar-refractivity contribution in [1.82, 2.24) is 5.32 Å². The van der Waals surface area contributed by atoms with Gasteiger partial charge in [-0.25, -0.2) is 0 Å². The quantitative estimate of drug-likeness (QED) is 0.535. The molecule has 2 atom stereocenters. The summed E-state index contributed by atoms with van der Waals surface area (Å²) in [4.78, 5) is 11.2. The molecule has 0 aromatic heterocycles. The Morgan fingerprint density at radius 2 is 2.30 bits per heavy atom. The summed E-state index contributed by atoms with van der Waals surface area (Å²) in [6, 6.07) is 0.543. The van der Waals surface area contributed by atoms with Crippen LogP contribution in [0.3, 0.4) is 0 Å². The van der Waals surface area contributed by atoms with E-state index in [-0.39, 0.29) is 0 Å². The topological polar surface area (TPSA) is 29.1 Å². The van der Waals surface area contributed by atoms with E-state index in [9.17, 15) is 4.79 Å². The Hall–Kier alpha value is -0.370. The number of hydrogen-bond donors (Lipinski definition) is 1. The van der Waals surface area contributed by atoms with Crippen molar-refractivity contribution >= 4 is 5.78 Å². The molecular weight excluding hydrogens is 126 g/mol. The predicted molar refractivity (Wildman–Crippen MR) is 38.8 cm³/mol. The molecule has 1 saturated heterocycles. The van der Waals surface area contributed by atoms with E-state index in [1.54, 1.807) is 0 Å². The molecule has 1 heterocycles. The van der Waals surface area contributed by atoms with Gasteiger partial charge < -0.3 is 5.32 Å². The standard InChI is InChI=1S/C8H13NO/c10-8-3-1-2-7-6(8)4-5-9-7/h6-7,9H,1-5H2/t6-,7-/m0/s1. The van der Waals surface area contributed by atoms with Crippen LogP contribution in [0.2, 0.25) is 0 Å². The highest BCUT2D eigenvalue weighted by atomic mass is 16.1. The maximum absolute atomic E-state index is 11.2. The Labute approximate surface area is 61.0 Å². The van der Waals surface area contributed by atoms with Crippen molar-refractivity contribution in [2.24, 2.45) is 5.92 Å². The van der Waals surface area contributed by atoms with Crippen molar-refractivity contribution < 1.29 is 4.79 Å². The van der Waals surface area contributed by atoms with Gasteiger partial charge in [0.2, 0.25) is 0 Å². The number of Topliss-reactive ketones (excluding diaryl/α,β-unsaturated/α-hetero) is 1. The van der Waals surface area contributed by atoms with Crippen molar-refractivity contribution in [3.8, 4) is 0 Å². The van der Waals surface area contributed by atoms with Gasteiger partial charge in [-0.3, -0.25) is 4.79 Å². The van der Waals surface area contributed by atoms with Crippen LogP contribution in [0.25, 0.3) is 0 Å². The molecule has 1 saturated carbocycles.